The summed E-state index contributed by atoms with van der Waals surface area (Å²) in [5.41, 5.74) is -0.0940. The molecule has 1 aliphatic heterocycles. The molecule has 3 rings (SSSR count). The first kappa shape index (κ1) is 19.8. The second-order valence-corrected chi connectivity index (χ2v) is 7.27. The lowest BCUT2D eigenvalue weighted by Gasteiger charge is -2.26. The quantitative estimate of drug-likeness (QED) is 0.765. The van der Waals surface area contributed by atoms with E-state index in [1.54, 1.807) is 18.2 Å². The van der Waals surface area contributed by atoms with Gasteiger partial charge in [-0.05, 0) is 18.4 Å². The minimum Gasteiger partial charge on any atom is -0.354 e. The van der Waals surface area contributed by atoms with Gasteiger partial charge in [0.1, 0.15) is 12.4 Å². The topological polar surface area (TPSA) is 89.2 Å². The molecular weight excluding hydrogens is 365 g/mol. The van der Waals surface area contributed by atoms with Gasteiger partial charge in [-0.3, -0.25) is 14.2 Å². The van der Waals surface area contributed by atoms with E-state index >= 15 is 0 Å². The van der Waals surface area contributed by atoms with E-state index in [-0.39, 0.29) is 43.7 Å². The molecule has 0 aliphatic carbocycles. The van der Waals surface area contributed by atoms with Crippen molar-refractivity contribution >= 4 is 11.8 Å². The highest BCUT2D eigenvalue weighted by atomic mass is 19.1. The first-order valence-electron chi connectivity index (χ1n) is 9.34. The molecule has 2 heterocycles. The van der Waals surface area contributed by atoms with Crippen LogP contribution in [0.1, 0.15) is 36.5 Å². The Morgan fingerprint density at radius 1 is 1.25 bits per heavy atom. The van der Waals surface area contributed by atoms with Gasteiger partial charge in [-0.15, -0.1) is 5.10 Å². The van der Waals surface area contributed by atoms with Gasteiger partial charge >= 0.3 is 5.69 Å². The van der Waals surface area contributed by atoms with Crippen molar-refractivity contribution in [1.82, 2.24) is 24.6 Å². The number of hydrogen-bond acceptors (Lipinski definition) is 4. The number of carbonyl (C=O) groups excluding carboxylic acids is 2. The van der Waals surface area contributed by atoms with Crippen LogP contribution in [0.5, 0.6) is 0 Å². The van der Waals surface area contributed by atoms with Crippen LogP contribution < -0.4 is 11.0 Å². The van der Waals surface area contributed by atoms with Crippen LogP contribution in [0, 0.1) is 11.7 Å². The Labute approximate surface area is 161 Å². The number of carbonyl (C=O) groups is 2. The number of nitrogens with zero attached hydrogens (tertiary/aromatic N) is 4. The minimum absolute atomic E-state index is 0.0254. The largest absolute Gasteiger partial charge is 0.354 e. The van der Waals surface area contributed by atoms with Crippen molar-refractivity contribution in [2.75, 3.05) is 13.1 Å². The first-order chi connectivity index (χ1) is 13.4. The highest BCUT2D eigenvalue weighted by Gasteiger charge is 2.30. The molecule has 1 N–H and O–H groups in total. The monoisotopic (exact) mass is 389 g/mol. The van der Waals surface area contributed by atoms with E-state index in [0.717, 1.165) is 11.1 Å². The molecule has 0 fully saturated rings. The van der Waals surface area contributed by atoms with Crippen molar-refractivity contribution in [3.8, 4) is 0 Å². The van der Waals surface area contributed by atoms with E-state index in [0.29, 0.717) is 18.0 Å². The lowest BCUT2D eigenvalue weighted by atomic mass is 10.1. The second kappa shape index (κ2) is 8.37. The fourth-order valence-corrected chi connectivity index (χ4v) is 3.04. The average Bonchev–Trinajstić information content (AvgIpc) is 2.95. The molecule has 0 atom stereocenters. The fraction of sp³-hybridized carbons (Fsp3) is 0.474. The van der Waals surface area contributed by atoms with Crippen molar-refractivity contribution in [2.45, 2.75) is 39.9 Å². The van der Waals surface area contributed by atoms with Gasteiger partial charge in [-0.2, -0.15) is 0 Å². The zero-order valence-electron chi connectivity index (χ0n) is 16.0. The van der Waals surface area contributed by atoms with Crippen LogP contribution in [0.25, 0.3) is 0 Å². The SMILES string of the molecule is CC(C)CCNC(=O)Cn1nc2n(c1=O)CCN(Cc1ccccc1F)C2=O. The molecule has 0 saturated carbocycles. The maximum Gasteiger partial charge on any atom is 0.346 e. The van der Waals surface area contributed by atoms with E-state index < -0.39 is 11.6 Å². The molecule has 0 spiro atoms. The summed E-state index contributed by atoms with van der Waals surface area (Å²) in [6, 6.07) is 6.24. The normalized spacial score (nSPS) is 13.7. The van der Waals surface area contributed by atoms with Crippen molar-refractivity contribution < 1.29 is 14.0 Å². The van der Waals surface area contributed by atoms with Crippen LogP contribution >= 0.6 is 0 Å². The number of halogens is 1. The zero-order chi connectivity index (χ0) is 20.3. The molecule has 2 aromatic rings. The predicted molar refractivity (Wildman–Crippen MR) is 100 cm³/mol. The van der Waals surface area contributed by atoms with Gasteiger partial charge in [-0.25, -0.2) is 13.9 Å². The van der Waals surface area contributed by atoms with E-state index in [1.807, 2.05) is 0 Å². The predicted octanol–water partition coefficient (Wildman–Crippen LogP) is 1.00. The Morgan fingerprint density at radius 3 is 2.71 bits per heavy atom. The molecule has 0 bridgehead atoms. The van der Waals surface area contributed by atoms with Gasteiger partial charge in [0.15, 0.2) is 0 Å². The summed E-state index contributed by atoms with van der Waals surface area (Å²) in [5, 5.41) is 6.79. The van der Waals surface area contributed by atoms with Crippen LogP contribution in [-0.4, -0.2) is 44.2 Å². The number of fused-ring (bicyclic) bond motifs is 1. The molecule has 1 aromatic carbocycles. The first-order valence-corrected chi connectivity index (χ1v) is 9.34. The molecule has 0 radical (unpaired) electrons. The van der Waals surface area contributed by atoms with E-state index in [9.17, 15) is 18.8 Å². The lowest BCUT2D eigenvalue weighted by molar-refractivity contribution is -0.121. The number of aromatic nitrogens is 3. The number of nitrogens with one attached hydrogen (secondary N) is 1. The maximum absolute atomic E-state index is 13.9. The third kappa shape index (κ3) is 4.29. The van der Waals surface area contributed by atoms with Crippen molar-refractivity contribution in [2.24, 2.45) is 5.92 Å². The molecular formula is C19H24FN5O3. The highest BCUT2D eigenvalue weighted by molar-refractivity contribution is 5.91. The summed E-state index contributed by atoms with van der Waals surface area (Å²) in [6.07, 6.45) is 0.837. The fourth-order valence-electron chi connectivity index (χ4n) is 3.04. The van der Waals surface area contributed by atoms with Crippen molar-refractivity contribution in [3.63, 3.8) is 0 Å². The standard InChI is InChI=1S/C19H24FN5O3/c1-13(2)7-8-21-16(26)12-25-19(28)24-10-9-23(18(27)17(24)22-25)11-14-5-3-4-6-15(14)20/h3-6,13H,7-12H2,1-2H3,(H,21,26). The van der Waals surface area contributed by atoms with Crippen LogP contribution in [0.15, 0.2) is 29.1 Å². The van der Waals surface area contributed by atoms with Gasteiger partial charge in [0, 0.05) is 31.7 Å². The molecule has 1 aliphatic rings. The number of hydrogen-bond donors (Lipinski definition) is 1. The van der Waals surface area contributed by atoms with Gasteiger partial charge < -0.3 is 10.2 Å². The van der Waals surface area contributed by atoms with Crippen LogP contribution in [0.2, 0.25) is 0 Å². The maximum atomic E-state index is 13.9. The average molecular weight is 389 g/mol. The zero-order valence-corrected chi connectivity index (χ0v) is 16.0. The summed E-state index contributed by atoms with van der Waals surface area (Å²) in [4.78, 5) is 38.6. The number of amides is 2. The van der Waals surface area contributed by atoms with Crippen molar-refractivity contribution in [3.05, 3.63) is 52.0 Å². The van der Waals surface area contributed by atoms with Gasteiger partial charge in [-0.1, -0.05) is 32.0 Å². The van der Waals surface area contributed by atoms with Gasteiger partial charge in [0.2, 0.25) is 11.7 Å². The van der Waals surface area contributed by atoms with Gasteiger partial charge in [0.25, 0.3) is 5.91 Å². The summed E-state index contributed by atoms with van der Waals surface area (Å²) in [7, 11) is 0. The molecule has 0 unspecified atom stereocenters. The summed E-state index contributed by atoms with van der Waals surface area (Å²) in [5.74, 6) is -0.732. The Bertz CT molecular complexity index is 934. The Balaban J connectivity index is 1.70. The summed E-state index contributed by atoms with van der Waals surface area (Å²) >= 11 is 0. The smallest absolute Gasteiger partial charge is 0.346 e. The second-order valence-electron chi connectivity index (χ2n) is 7.27. The molecule has 9 heteroatoms. The Hall–Kier alpha value is -2.97. The molecule has 8 nitrogen and oxygen atoms in total. The van der Waals surface area contributed by atoms with E-state index in [4.69, 9.17) is 0 Å². The van der Waals surface area contributed by atoms with Crippen LogP contribution in [0.3, 0.4) is 0 Å². The minimum atomic E-state index is -0.493. The summed E-state index contributed by atoms with van der Waals surface area (Å²) in [6.45, 7) is 5.02. The van der Waals surface area contributed by atoms with E-state index in [1.165, 1.54) is 15.5 Å². The number of rotatable bonds is 7. The van der Waals surface area contributed by atoms with Crippen LogP contribution in [0.4, 0.5) is 4.39 Å². The van der Waals surface area contributed by atoms with Crippen LogP contribution in [-0.2, 0) is 24.4 Å². The third-order valence-electron chi connectivity index (χ3n) is 4.65. The lowest BCUT2D eigenvalue weighted by Crippen LogP contribution is -2.42. The van der Waals surface area contributed by atoms with Crippen molar-refractivity contribution in [1.29, 1.82) is 0 Å². The molecule has 0 saturated heterocycles. The van der Waals surface area contributed by atoms with Gasteiger partial charge in [0.05, 0.1) is 0 Å². The summed E-state index contributed by atoms with van der Waals surface area (Å²) < 4.78 is 16.1. The Morgan fingerprint density at radius 2 is 2.00 bits per heavy atom. The molecule has 1 aromatic heterocycles. The molecule has 28 heavy (non-hydrogen) atoms. The highest BCUT2D eigenvalue weighted by Crippen LogP contribution is 2.15. The Kier molecular flexibility index (Phi) is 5.91. The third-order valence-corrected chi connectivity index (χ3v) is 4.65. The molecule has 2 amide bonds. The molecule has 150 valence electrons. The van der Waals surface area contributed by atoms with E-state index in [2.05, 4.69) is 24.3 Å². The number of benzene rings is 1.